The lowest BCUT2D eigenvalue weighted by Gasteiger charge is -2.38. The lowest BCUT2D eigenvalue weighted by molar-refractivity contribution is 0.0498. The molecule has 0 spiro atoms. The summed E-state index contributed by atoms with van der Waals surface area (Å²) in [6, 6.07) is 13.1. The number of benzene rings is 1. The molecule has 2 heterocycles. The van der Waals surface area contributed by atoms with Crippen LogP contribution in [0.1, 0.15) is 28.8 Å². The van der Waals surface area contributed by atoms with Gasteiger partial charge in [0.15, 0.2) is 0 Å². The molecule has 112 valence electrons. The molecule has 2 aromatic rings. The van der Waals surface area contributed by atoms with Crippen LogP contribution in [-0.2, 0) is 16.7 Å². The van der Waals surface area contributed by atoms with Gasteiger partial charge in [-0.15, -0.1) is 11.3 Å². The largest absolute Gasteiger partial charge is 0.381 e. The van der Waals surface area contributed by atoms with Gasteiger partial charge < -0.3 is 10.1 Å². The van der Waals surface area contributed by atoms with Gasteiger partial charge in [0.1, 0.15) is 0 Å². The van der Waals surface area contributed by atoms with Crippen molar-refractivity contribution in [1.82, 2.24) is 5.32 Å². The molecule has 1 aromatic heterocycles. The Labute approximate surface area is 131 Å². The average Bonchev–Trinajstić information content (AvgIpc) is 2.95. The van der Waals surface area contributed by atoms with E-state index in [4.69, 9.17) is 4.74 Å². The zero-order valence-corrected chi connectivity index (χ0v) is 13.4. The van der Waals surface area contributed by atoms with E-state index in [-0.39, 0.29) is 5.41 Å². The molecule has 0 bridgehead atoms. The Hall–Kier alpha value is -1.16. The van der Waals surface area contributed by atoms with Gasteiger partial charge in [-0.05, 0) is 42.3 Å². The fourth-order valence-corrected chi connectivity index (χ4v) is 4.00. The van der Waals surface area contributed by atoms with E-state index in [0.717, 1.165) is 39.1 Å². The first-order chi connectivity index (χ1) is 10.3. The molecule has 0 saturated carbocycles. The average molecular weight is 301 g/mol. The molecule has 0 amide bonds. The smallest absolute Gasteiger partial charge is 0.0475 e. The first kappa shape index (κ1) is 14.8. The number of rotatable bonds is 5. The Morgan fingerprint density at radius 3 is 2.57 bits per heavy atom. The second-order valence-corrected chi connectivity index (χ2v) is 6.89. The molecule has 1 aliphatic heterocycles. The maximum Gasteiger partial charge on any atom is 0.0475 e. The van der Waals surface area contributed by atoms with Gasteiger partial charge in [-0.1, -0.05) is 30.3 Å². The lowest BCUT2D eigenvalue weighted by Crippen LogP contribution is -2.42. The molecular formula is C18H23NOS. The molecule has 3 rings (SSSR count). The van der Waals surface area contributed by atoms with E-state index < -0.39 is 0 Å². The fraction of sp³-hybridized carbons (Fsp3) is 0.444. The quantitative estimate of drug-likeness (QED) is 0.904. The van der Waals surface area contributed by atoms with Crippen molar-refractivity contribution in [3.05, 3.63) is 57.8 Å². The first-order valence-corrected chi connectivity index (χ1v) is 8.55. The maximum absolute atomic E-state index is 5.59. The summed E-state index contributed by atoms with van der Waals surface area (Å²) in [5.41, 5.74) is 3.07. The van der Waals surface area contributed by atoms with Crippen molar-refractivity contribution in [1.29, 1.82) is 0 Å². The molecule has 1 N–H and O–H groups in total. The number of nitrogens with one attached hydrogen (secondary N) is 1. The van der Waals surface area contributed by atoms with Crippen LogP contribution in [0, 0.1) is 6.92 Å². The van der Waals surface area contributed by atoms with Gasteiger partial charge >= 0.3 is 0 Å². The molecule has 1 aliphatic rings. The Morgan fingerprint density at radius 1 is 1.14 bits per heavy atom. The van der Waals surface area contributed by atoms with Crippen LogP contribution >= 0.6 is 11.3 Å². The molecule has 21 heavy (non-hydrogen) atoms. The normalized spacial score (nSPS) is 17.8. The van der Waals surface area contributed by atoms with Crippen LogP contribution in [0.2, 0.25) is 0 Å². The number of ether oxygens (including phenoxy) is 1. The van der Waals surface area contributed by atoms with Gasteiger partial charge in [0.25, 0.3) is 0 Å². The summed E-state index contributed by atoms with van der Waals surface area (Å²) in [4.78, 5) is 1.45. The zero-order chi connectivity index (χ0) is 14.5. The molecule has 3 heteroatoms. The van der Waals surface area contributed by atoms with Crippen molar-refractivity contribution in [2.45, 2.75) is 31.7 Å². The Morgan fingerprint density at radius 2 is 1.90 bits per heavy atom. The molecule has 0 aliphatic carbocycles. The Balaban J connectivity index is 1.70. The highest BCUT2D eigenvalue weighted by molar-refractivity contribution is 7.10. The van der Waals surface area contributed by atoms with Crippen LogP contribution in [0.3, 0.4) is 0 Å². The molecular weight excluding hydrogens is 278 g/mol. The molecule has 0 atom stereocenters. The van der Waals surface area contributed by atoms with Gasteiger partial charge in [-0.25, -0.2) is 0 Å². The fourth-order valence-electron chi connectivity index (χ4n) is 3.12. The maximum atomic E-state index is 5.59. The van der Waals surface area contributed by atoms with Crippen LogP contribution in [0.25, 0.3) is 0 Å². The minimum Gasteiger partial charge on any atom is -0.381 e. The summed E-state index contributed by atoms with van der Waals surface area (Å²) in [7, 11) is 0. The van der Waals surface area contributed by atoms with Crippen LogP contribution in [0.4, 0.5) is 0 Å². The van der Waals surface area contributed by atoms with Crippen LogP contribution in [0.5, 0.6) is 0 Å². The third kappa shape index (κ3) is 3.37. The van der Waals surface area contributed by atoms with E-state index in [2.05, 4.69) is 54.0 Å². The van der Waals surface area contributed by atoms with E-state index in [9.17, 15) is 0 Å². The molecule has 0 unspecified atom stereocenters. The second kappa shape index (κ2) is 6.73. The number of aryl methyl sites for hydroxylation is 1. The monoisotopic (exact) mass is 301 g/mol. The highest BCUT2D eigenvalue weighted by Crippen LogP contribution is 2.34. The van der Waals surface area contributed by atoms with E-state index >= 15 is 0 Å². The highest BCUT2D eigenvalue weighted by atomic mass is 32.1. The van der Waals surface area contributed by atoms with Crippen LogP contribution in [0.15, 0.2) is 41.8 Å². The predicted molar refractivity (Wildman–Crippen MR) is 88.9 cm³/mol. The molecule has 1 aromatic carbocycles. The van der Waals surface area contributed by atoms with Crippen molar-refractivity contribution in [2.24, 2.45) is 0 Å². The van der Waals surface area contributed by atoms with Crippen molar-refractivity contribution in [3.8, 4) is 0 Å². The van der Waals surface area contributed by atoms with E-state index in [1.807, 2.05) is 11.3 Å². The summed E-state index contributed by atoms with van der Waals surface area (Å²) >= 11 is 1.84. The summed E-state index contributed by atoms with van der Waals surface area (Å²) in [5, 5.41) is 5.87. The van der Waals surface area contributed by atoms with Crippen LogP contribution in [-0.4, -0.2) is 19.8 Å². The van der Waals surface area contributed by atoms with Gasteiger partial charge in [0, 0.05) is 36.6 Å². The van der Waals surface area contributed by atoms with E-state index in [1.165, 1.54) is 16.0 Å². The summed E-state index contributed by atoms with van der Waals surface area (Å²) in [6.07, 6.45) is 2.21. The molecule has 1 saturated heterocycles. The van der Waals surface area contributed by atoms with Crippen molar-refractivity contribution in [3.63, 3.8) is 0 Å². The van der Waals surface area contributed by atoms with Gasteiger partial charge in [0.05, 0.1) is 0 Å². The second-order valence-electron chi connectivity index (χ2n) is 5.89. The standard InChI is InChI=1S/C18H23NOS/c1-15-7-12-21-17(15)13-19-14-18(8-10-20-11-9-18)16-5-3-2-4-6-16/h2-7,12,19H,8-11,13-14H2,1H3. The lowest BCUT2D eigenvalue weighted by atomic mass is 9.74. The van der Waals surface area contributed by atoms with E-state index in [1.54, 1.807) is 0 Å². The summed E-state index contributed by atoms with van der Waals surface area (Å²) in [6.45, 7) is 5.93. The number of hydrogen-bond acceptors (Lipinski definition) is 3. The number of thiophene rings is 1. The first-order valence-electron chi connectivity index (χ1n) is 7.67. The van der Waals surface area contributed by atoms with Gasteiger partial charge in [-0.3, -0.25) is 0 Å². The summed E-state index contributed by atoms with van der Waals surface area (Å²) in [5.74, 6) is 0. The van der Waals surface area contributed by atoms with Gasteiger partial charge in [-0.2, -0.15) is 0 Å². The van der Waals surface area contributed by atoms with Crippen molar-refractivity contribution in [2.75, 3.05) is 19.8 Å². The van der Waals surface area contributed by atoms with E-state index in [0.29, 0.717) is 0 Å². The third-order valence-corrected chi connectivity index (χ3v) is 5.58. The van der Waals surface area contributed by atoms with Crippen LogP contribution < -0.4 is 5.32 Å². The SMILES string of the molecule is Cc1ccsc1CNCC1(c2ccccc2)CCOCC1. The van der Waals surface area contributed by atoms with Gasteiger partial charge in [0.2, 0.25) is 0 Å². The Bertz CT molecular complexity index is 558. The summed E-state index contributed by atoms with van der Waals surface area (Å²) < 4.78 is 5.59. The molecule has 1 fully saturated rings. The Kier molecular flexibility index (Phi) is 4.73. The minimum atomic E-state index is 0.227. The van der Waals surface area contributed by atoms with Crippen molar-refractivity contribution >= 4 is 11.3 Å². The zero-order valence-electron chi connectivity index (χ0n) is 12.6. The molecule has 2 nitrogen and oxygen atoms in total. The highest BCUT2D eigenvalue weighted by Gasteiger charge is 2.33. The number of hydrogen-bond donors (Lipinski definition) is 1. The third-order valence-electron chi connectivity index (χ3n) is 4.55. The molecule has 0 radical (unpaired) electrons. The van der Waals surface area contributed by atoms with Crippen molar-refractivity contribution < 1.29 is 4.74 Å². The predicted octanol–water partition coefficient (Wildman–Crippen LogP) is 3.89. The topological polar surface area (TPSA) is 21.3 Å². The minimum absolute atomic E-state index is 0.227.